The number of carboxylic acid groups (broad SMARTS) is 1. The maximum atomic E-state index is 10.6. The summed E-state index contributed by atoms with van der Waals surface area (Å²) in [4.78, 5) is 19.5. The highest BCUT2D eigenvalue weighted by Gasteiger charge is 2.23. The van der Waals surface area contributed by atoms with Gasteiger partial charge in [0.2, 0.25) is 0 Å². The van der Waals surface area contributed by atoms with Gasteiger partial charge in [-0.1, -0.05) is 15.9 Å². The fourth-order valence-corrected chi connectivity index (χ4v) is 0.433. The van der Waals surface area contributed by atoms with Crippen LogP contribution in [0.4, 0.5) is 0 Å². The van der Waals surface area contributed by atoms with E-state index in [9.17, 15) is 9.59 Å². The zero-order valence-electron chi connectivity index (χ0n) is 8.70. The Hall–Kier alpha value is -0.580. The molecule has 0 bridgehead atoms. The summed E-state index contributed by atoms with van der Waals surface area (Å²) in [6.45, 7) is -0.945. The molecule has 0 aliphatic rings. The molecule has 0 amide bonds. The number of carbonyl (C=O) groups excluding carboxylic acids is 1. The van der Waals surface area contributed by atoms with Crippen LogP contribution in [0, 0.1) is 0 Å². The van der Waals surface area contributed by atoms with Gasteiger partial charge < -0.3 is 9.84 Å². The van der Waals surface area contributed by atoms with Gasteiger partial charge in [0.1, 0.15) is 10.9 Å². The molecule has 4 nitrogen and oxygen atoms in total. The van der Waals surface area contributed by atoms with E-state index in [2.05, 4.69) is 20.7 Å². The Morgan fingerprint density at radius 2 is 2.36 bits per heavy atom. The lowest BCUT2D eigenvalue weighted by Crippen LogP contribution is -2.29. The first-order valence-corrected chi connectivity index (χ1v) is 3.54. The molecular formula is C6H9BrO4. The highest BCUT2D eigenvalue weighted by atomic mass is 79.9. The number of carbonyl (C=O) groups is 2. The van der Waals surface area contributed by atoms with E-state index in [1.165, 1.54) is 0 Å². The maximum absolute atomic E-state index is 10.6. The number of alkyl halides is 1. The molecule has 0 heterocycles. The van der Waals surface area contributed by atoms with E-state index in [1.807, 2.05) is 0 Å². The first kappa shape index (κ1) is 5.99. The van der Waals surface area contributed by atoms with Gasteiger partial charge in [0.25, 0.3) is 0 Å². The van der Waals surface area contributed by atoms with Gasteiger partial charge in [-0.25, -0.2) is 0 Å². The second-order valence-electron chi connectivity index (χ2n) is 1.70. The van der Waals surface area contributed by atoms with Crippen LogP contribution in [0.15, 0.2) is 0 Å². The highest BCUT2D eigenvalue weighted by Crippen LogP contribution is 2.09. The Balaban J connectivity index is 4.89. The third kappa shape index (κ3) is 3.98. The van der Waals surface area contributed by atoms with Crippen molar-refractivity contribution in [3.05, 3.63) is 0 Å². The molecule has 0 aliphatic carbocycles. The summed E-state index contributed by atoms with van der Waals surface area (Å²) < 4.78 is 25.7. The van der Waals surface area contributed by atoms with Crippen molar-refractivity contribution in [3.63, 3.8) is 0 Å². The molecule has 0 fully saturated rings. The monoisotopic (exact) mass is 231 g/mol. The van der Waals surface area contributed by atoms with Crippen molar-refractivity contribution in [1.29, 1.82) is 0 Å². The molecular weight excluding hydrogens is 220 g/mol. The van der Waals surface area contributed by atoms with Crippen LogP contribution < -0.4 is 0 Å². The van der Waals surface area contributed by atoms with Crippen molar-refractivity contribution < 1.29 is 23.5 Å². The quantitative estimate of drug-likeness (QED) is 0.443. The van der Waals surface area contributed by atoms with Gasteiger partial charge in [-0.15, -0.1) is 0 Å². The molecule has 0 aromatic carbocycles. The van der Waals surface area contributed by atoms with Crippen molar-refractivity contribution in [1.82, 2.24) is 0 Å². The largest absolute Gasteiger partial charge is 0.480 e. The van der Waals surface area contributed by atoms with E-state index in [1.54, 1.807) is 0 Å². The number of ether oxygens (including phenoxy) is 1. The third-order valence-electron chi connectivity index (χ3n) is 0.728. The van der Waals surface area contributed by atoms with E-state index < -0.39 is 29.7 Å². The van der Waals surface area contributed by atoms with Crippen LogP contribution in [0.5, 0.6) is 0 Å². The zero-order chi connectivity index (χ0) is 11.5. The van der Waals surface area contributed by atoms with Crippen LogP contribution in [-0.2, 0) is 14.3 Å². The number of carboxylic acids is 1. The lowest BCUT2D eigenvalue weighted by molar-refractivity contribution is -0.148. The number of esters is 1. The van der Waals surface area contributed by atoms with Crippen molar-refractivity contribution >= 4 is 27.9 Å². The maximum Gasteiger partial charge on any atom is 0.321 e. The molecule has 0 saturated heterocycles. The second kappa shape index (κ2) is 4.33. The van der Waals surface area contributed by atoms with Gasteiger partial charge in [-0.05, 0) is 6.88 Å². The molecule has 0 radical (unpaired) electrons. The summed E-state index contributed by atoms with van der Waals surface area (Å²) in [7, 11) is 0. The minimum atomic E-state index is -2.45. The first-order chi connectivity index (χ1) is 6.21. The molecule has 0 aliphatic heterocycles. The Morgan fingerprint density at radius 3 is 2.64 bits per heavy atom. The van der Waals surface area contributed by atoms with Crippen LogP contribution in [0.1, 0.15) is 17.9 Å². The minimum Gasteiger partial charge on any atom is -0.480 e. The Morgan fingerprint density at radius 1 is 1.82 bits per heavy atom. The molecule has 64 valence electrons. The molecule has 0 rings (SSSR count). The van der Waals surface area contributed by atoms with Crippen molar-refractivity contribution in [2.24, 2.45) is 0 Å². The van der Waals surface area contributed by atoms with E-state index >= 15 is 0 Å². The molecule has 0 aromatic rings. The third-order valence-corrected chi connectivity index (χ3v) is 1.57. The van der Waals surface area contributed by atoms with E-state index in [4.69, 9.17) is 9.22 Å². The van der Waals surface area contributed by atoms with Gasteiger partial charge in [-0.3, -0.25) is 9.59 Å². The molecule has 5 heteroatoms. The summed E-state index contributed by atoms with van der Waals surface area (Å²) in [6.07, 6.45) is -2.45. The topological polar surface area (TPSA) is 63.6 Å². The summed E-state index contributed by atoms with van der Waals surface area (Å²) in [5.41, 5.74) is 0. The summed E-state index contributed by atoms with van der Waals surface area (Å²) in [5.74, 6) is -2.37. The fourth-order valence-electron chi connectivity index (χ4n) is 0.339. The second-order valence-corrected chi connectivity index (χ2v) is 2.61. The van der Waals surface area contributed by atoms with Crippen molar-refractivity contribution in [2.45, 2.75) is 24.7 Å². The molecule has 2 atom stereocenters. The number of rotatable bonds is 3. The molecule has 0 saturated carbocycles. The highest BCUT2D eigenvalue weighted by molar-refractivity contribution is 9.10. The van der Waals surface area contributed by atoms with Crippen molar-refractivity contribution in [3.8, 4) is 0 Å². The average molecular weight is 232 g/mol. The van der Waals surface area contributed by atoms with Crippen LogP contribution in [-0.4, -0.2) is 28.0 Å². The van der Waals surface area contributed by atoms with Gasteiger partial charge in [-0.2, -0.15) is 0 Å². The minimum absolute atomic E-state index is 0.907. The summed E-state index contributed by atoms with van der Waals surface area (Å²) in [6, 6.07) is 0. The van der Waals surface area contributed by atoms with E-state index in [0.717, 1.165) is 6.92 Å². The van der Waals surface area contributed by atoms with Gasteiger partial charge in [0.15, 0.2) is 0 Å². The SMILES string of the molecule is [2H][13CH]([2H])[13C@@]([2H])(OC(C)=O)[13C@@H](Br)[13C](=O)O. The lowest BCUT2D eigenvalue weighted by atomic mass is 10.8. The predicted molar refractivity (Wildman–Crippen MR) is 41.6 cm³/mol. The normalized spacial score (nSPS) is 22.3. The molecule has 0 aromatic heterocycles. The van der Waals surface area contributed by atoms with Crippen molar-refractivity contribution in [2.75, 3.05) is 0 Å². The van der Waals surface area contributed by atoms with Crippen LogP contribution >= 0.6 is 15.9 Å². The Bertz CT molecular complexity index is 247. The molecule has 1 N–H and O–H groups in total. The zero-order valence-corrected chi connectivity index (χ0v) is 7.29. The number of halogens is 1. The molecule has 11 heavy (non-hydrogen) atoms. The van der Waals surface area contributed by atoms with Crippen LogP contribution in [0.2, 0.25) is 0 Å². The lowest BCUT2D eigenvalue weighted by Gasteiger charge is -2.13. The van der Waals surface area contributed by atoms with Crippen LogP contribution in [0.25, 0.3) is 0 Å². The van der Waals surface area contributed by atoms with Crippen LogP contribution in [0.3, 0.4) is 0 Å². The predicted octanol–water partition coefficient (Wildman–Crippen LogP) is 0.786. The van der Waals surface area contributed by atoms with Gasteiger partial charge in [0, 0.05) is 9.67 Å². The fraction of sp³-hybridized carbons (Fsp3) is 0.667. The van der Waals surface area contributed by atoms with Gasteiger partial charge in [0.05, 0.1) is 1.37 Å². The first-order valence-electron chi connectivity index (χ1n) is 4.28. The smallest absolute Gasteiger partial charge is 0.321 e. The Kier molecular flexibility index (Phi) is 2.36. The molecule has 0 spiro atoms. The Labute approximate surface area is 76.9 Å². The van der Waals surface area contributed by atoms with E-state index in [-0.39, 0.29) is 0 Å². The summed E-state index contributed by atoms with van der Waals surface area (Å²) in [5, 5.41) is 8.55. The molecule has 0 unspecified atom stereocenters. The van der Waals surface area contributed by atoms with E-state index in [0.29, 0.717) is 0 Å². The number of aliphatic carboxylic acids is 1. The summed E-state index contributed by atoms with van der Waals surface area (Å²) >= 11 is 2.59. The standard InChI is InChI=1S/C6H9BrO4/c1-3(11-4(2)8)5(7)6(9)10/h3,5H,1-2H3,(H,9,10)/t3-,5-/m1/s1/i1+1D2,3+1D,5+1,6+1. The number of hydrogen-bond acceptors (Lipinski definition) is 3. The number of hydrogen-bond donors (Lipinski definition) is 1. The van der Waals surface area contributed by atoms with Gasteiger partial charge >= 0.3 is 11.9 Å². The average Bonchev–Trinajstić information content (AvgIpc) is 2.00.